The third-order valence-electron chi connectivity index (χ3n) is 4.32. The van der Waals surface area contributed by atoms with Gasteiger partial charge in [0, 0.05) is 17.6 Å². The van der Waals surface area contributed by atoms with E-state index in [1.165, 1.54) is 11.1 Å². The molecule has 4 heteroatoms. The van der Waals surface area contributed by atoms with Crippen LogP contribution >= 0.6 is 0 Å². The van der Waals surface area contributed by atoms with E-state index in [4.69, 9.17) is 0 Å². The highest BCUT2D eigenvalue weighted by molar-refractivity contribution is 6.04. The number of benzene rings is 2. The van der Waals surface area contributed by atoms with Gasteiger partial charge in [0.15, 0.2) is 0 Å². The summed E-state index contributed by atoms with van der Waals surface area (Å²) in [6.45, 7) is 8.54. The molecule has 3 aromatic rings. The predicted molar refractivity (Wildman–Crippen MR) is 112 cm³/mol. The fourth-order valence-electron chi connectivity index (χ4n) is 2.78. The Morgan fingerprint density at radius 2 is 1.63 bits per heavy atom. The monoisotopic (exact) mass is 359 g/mol. The molecule has 4 nitrogen and oxygen atoms in total. The van der Waals surface area contributed by atoms with Crippen LogP contribution in [-0.4, -0.2) is 10.9 Å². The number of anilines is 3. The molecule has 1 heterocycles. The molecule has 0 bridgehead atoms. The van der Waals surface area contributed by atoms with Gasteiger partial charge in [-0.2, -0.15) is 0 Å². The molecule has 0 spiro atoms. The fourth-order valence-corrected chi connectivity index (χ4v) is 2.78. The SMILES string of the molecule is Cc1cccc(Nc2cncc(C(=O)Nc3ccc(C(C)(C)C)cc3)c2)c1. The van der Waals surface area contributed by atoms with Crippen LogP contribution in [0.25, 0.3) is 0 Å². The van der Waals surface area contributed by atoms with E-state index < -0.39 is 0 Å². The van der Waals surface area contributed by atoms with Crippen molar-refractivity contribution in [2.75, 3.05) is 10.6 Å². The maximum atomic E-state index is 12.6. The third kappa shape index (κ3) is 4.94. The predicted octanol–water partition coefficient (Wildman–Crippen LogP) is 5.68. The molecule has 0 aliphatic heterocycles. The lowest BCUT2D eigenvalue weighted by Crippen LogP contribution is -2.14. The number of amides is 1. The number of hydrogen-bond acceptors (Lipinski definition) is 3. The van der Waals surface area contributed by atoms with Crippen molar-refractivity contribution in [2.24, 2.45) is 0 Å². The van der Waals surface area contributed by atoms with E-state index in [1.54, 1.807) is 18.5 Å². The van der Waals surface area contributed by atoms with E-state index in [0.717, 1.165) is 17.1 Å². The van der Waals surface area contributed by atoms with E-state index >= 15 is 0 Å². The Kier molecular flexibility index (Phi) is 5.26. The van der Waals surface area contributed by atoms with Crippen LogP contribution in [0.3, 0.4) is 0 Å². The lowest BCUT2D eigenvalue weighted by atomic mass is 9.87. The summed E-state index contributed by atoms with van der Waals surface area (Å²) < 4.78 is 0. The normalized spacial score (nSPS) is 11.1. The first-order valence-electron chi connectivity index (χ1n) is 9.02. The van der Waals surface area contributed by atoms with Crippen LogP contribution in [0.1, 0.15) is 42.3 Å². The zero-order chi connectivity index (χ0) is 19.4. The first kappa shape index (κ1) is 18.6. The molecule has 0 saturated heterocycles. The van der Waals surface area contributed by atoms with Crippen molar-refractivity contribution in [3.8, 4) is 0 Å². The van der Waals surface area contributed by atoms with Crippen LogP contribution in [0.15, 0.2) is 67.0 Å². The van der Waals surface area contributed by atoms with Gasteiger partial charge in [-0.15, -0.1) is 0 Å². The Morgan fingerprint density at radius 3 is 2.30 bits per heavy atom. The van der Waals surface area contributed by atoms with Crippen molar-refractivity contribution in [3.63, 3.8) is 0 Å². The molecule has 2 N–H and O–H groups in total. The average molecular weight is 359 g/mol. The van der Waals surface area contributed by atoms with Crippen molar-refractivity contribution in [3.05, 3.63) is 83.7 Å². The van der Waals surface area contributed by atoms with Crippen LogP contribution in [0.4, 0.5) is 17.1 Å². The molecule has 0 unspecified atom stereocenters. The van der Waals surface area contributed by atoms with Crippen molar-refractivity contribution in [2.45, 2.75) is 33.1 Å². The van der Waals surface area contributed by atoms with Gasteiger partial charge in [-0.25, -0.2) is 0 Å². The van der Waals surface area contributed by atoms with Crippen LogP contribution in [-0.2, 0) is 5.41 Å². The summed E-state index contributed by atoms with van der Waals surface area (Å²) in [4.78, 5) is 16.8. The number of nitrogens with one attached hydrogen (secondary N) is 2. The summed E-state index contributed by atoms with van der Waals surface area (Å²) in [5, 5.41) is 6.22. The minimum atomic E-state index is -0.182. The van der Waals surface area contributed by atoms with Crippen molar-refractivity contribution < 1.29 is 4.79 Å². The molecule has 3 rings (SSSR count). The largest absolute Gasteiger partial charge is 0.354 e. The van der Waals surface area contributed by atoms with Gasteiger partial charge in [-0.05, 0) is 53.8 Å². The second-order valence-corrected chi connectivity index (χ2v) is 7.74. The third-order valence-corrected chi connectivity index (χ3v) is 4.32. The molecule has 27 heavy (non-hydrogen) atoms. The molecule has 0 radical (unpaired) electrons. The highest BCUT2D eigenvalue weighted by atomic mass is 16.1. The minimum absolute atomic E-state index is 0.0856. The summed E-state index contributed by atoms with van der Waals surface area (Å²) in [6, 6.07) is 17.8. The van der Waals surface area contributed by atoms with E-state index in [-0.39, 0.29) is 11.3 Å². The van der Waals surface area contributed by atoms with E-state index in [9.17, 15) is 4.79 Å². The Balaban J connectivity index is 1.72. The number of hydrogen-bond donors (Lipinski definition) is 2. The zero-order valence-corrected chi connectivity index (χ0v) is 16.2. The fraction of sp³-hybridized carbons (Fsp3) is 0.217. The Labute approximate surface area is 160 Å². The quantitative estimate of drug-likeness (QED) is 0.630. The molecule has 0 aliphatic carbocycles. The van der Waals surface area contributed by atoms with Crippen molar-refractivity contribution in [1.82, 2.24) is 4.98 Å². The summed E-state index contributed by atoms with van der Waals surface area (Å²) in [5.74, 6) is -0.182. The first-order valence-corrected chi connectivity index (χ1v) is 9.02. The molecule has 2 aromatic carbocycles. The number of carbonyl (C=O) groups excluding carboxylic acids is 1. The van der Waals surface area contributed by atoms with E-state index in [0.29, 0.717) is 5.56 Å². The molecule has 138 valence electrons. The summed E-state index contributed by atoms with van der Waals surface area (Å²) >= 11 is 0. The van der Waals surface area contributed by atoms with Gasteiger partial charge in [0.25, 0.3) is 5.91 Å². The number of aryl methyl sites for hydroxylation is 1. The molecule has 1 amide bonds. The summed E-state index contributed by atoms with van der Waals surface area (Å²) in [6.07, 6.45) is 3.28. The molecule has 0 saturated carbocycles. The van der Waals surface area contributed by atoms with Crippen LogP contribution in [0.5, 0.6) is 0 Å². The molecular weight excluding hydrogens is 334 g/mol. The minimum Gasteiger partial charge on any atom is -0.354 e. The van der Waals surface area contributed by atoms with Gasteiger partial charge in [-0.3, -0.25) is 9.78 Å². The molecular formula is C23H25N3O. The van der Waals surface area contributed by atoms with Gasteiger partial charge >= 0.3 is 0 Å². The lowest BCUT2D eigenvalue weighted by molar-refractivity contribution is 0.102. The van der Waals surface area contributed by atoms with Gasteiger partial charge in [0.05, 0.1) is 17.4 Å². The van der Waals surface area contributed by atoms with Gasteiger partial charge in [-0.1, -0.05) is 45.0 Å². The number of nitrogens with zero attached hydrogens (tertiary/aromatic N) is 1. The van der Waals surface area contributed by atoms with Crippen LogP contribution in [0.2, 0.25) is 0 Å². The van der Waals surface area contributed by atoms with Crippen molar-refractivity contribution >= 4 is 23.0 Å². The average Bonchev–Trinajstić information content (AvgIpc) is 2.62. The first-order chi connectivity index (χ1) is 12.8. The standard InChI is InChI=1S/C23H25N3O/c1-16-6-5-7-20(12-16)25-21-13-17(14-24-15-21)22(27)26-19-10-8-18(9-11-19)23(2,3)4/h5-15,25H,1-4H3,(H,26,27). The molecule has 1 aromatic heterocycles. The van der Waals surface area contributed by atoms with Crippen LogP contribution in [0, 0.1) is 6.92 Å². The zero-order valence-electron chi connectivity index (χ0n) is 16.2. The number of aromatic nitrogens is 1. The highest BCUT2D eigenvalue weighted by Crippen LogP contribution is 2.24. The molecule has 0 fully saturated rings. The Morgan fingerprint density at radius 1 is 0.889 bits per heavy atom. The number of rotatable bonds is 4. The second kappa shape index (κ2) is 7.62. The number of carbonyl (C=O) groups is 1. The van der Waals surface area contributed by atoms with Gasteiger partial charge in [0.2, 0.25) is 0 Å². The van der Waals surface area contributed by atoms with Gasteiger partial charge in [0.1, 0.15) is 0 Å². The summed E-state index contributed by atoms with van der Waals surface area (Å²) in [7, 11) is 0. The van der Waals surface area contributed by atoms with E-state index in [1.807, 2.05) is 55.5 Å². The maximum absolute atomic E-state index is 12.6. The topological polar surface area (TPSA) is 54.0 Å². The summed E-state index contributed by atoms with van der Waals surface area (Å²) in [5.41, 5.74) is 5.50. The second-order valence-electron chi connectivity index (χ2n) is 7.74. The van der Waals surface area contributed by atoms with Crippen LogP contribution < -0.4 is 10.6 Å². The molecule has 0 atom stereocenters. The Bertz CT molecular complexity index is 940. The molecule has 0 aliphatic rings. The highest BCUT2D eigenvalue weighted by Gasteiger charge is 2.13. The lowest BCUT2D eigenvalue weighted by Gasteiger charge is -2.19. The van der Waals surface area contributed by atoms with E-state index in [2.05, 4.69) is 36.4 Å². The Hall–Kier alpha value is -3.14. The van der Waals surface area contributed by atoms with Gasteiger partial charge < -0.3 is 10.6 Å². The number of pyridine rings is 1. The van der Waals surface area contributed by atoms with Crippen molar-refractivity contribution in [1.29, 1.82) is 0 Å². The smallest absolute Gasteiger partial charge is 0.257 e. The maximum Gasteiger partial charge on any atom is 0.257 e.